The van der Waals surface area contributed by atoms with E-state index in [4.69, 9.17) is 4.74 Å². The molecule has 3 rings (SSSR count). The molecule has 0 amide bonds. The van der Waals surface area contributed by atoms with E-state index in [1.807, 2.05) is 54.8 Å². The van der Waals surface area contributed by atoms with Gasteiger partial charge >= 0.3 is 0 Å². The van der Waals surface area contributed by atoms with Gasteiger partial charge in [-0.1, -0.05) is 51.1 Å². The summed E-state index contributed by atoms with van der Waals surface area (Å²) in [6, 6.07) is 10.1. The molecule has 0 aliphatic carbocycles. The predicted octanol–water partition coefficient (Wildman–Crippen LogP) is 3.90. The first-order valence-electron chi connectivity index (χ1n) is 7.35. The Morgan fingerprint density at radius 2 is 1.86 bits per heavy atom. The summed E-state index contributed by atoms with van der Waals surface area (Å²) in [5.74, 6) is 0.716. The van der Waals surface area contributed by atoms with Crippen LogP contribution in [-0.2, 0) is 13.0 Å². The summed E-state index contributed by atoms with van der Waals surface area (Å²) in [6.07, 6.45) is 6.22. The summed E-state index contributed by atoms with van der Waals surface area (Å²) >= 11 is 0. The van der Waals surface area contributed by atoms with E-state index in [9.17, 15) is 0 Å². The molecule has 0 saturated carbocycles. The Labute approximate surface area is 125 Å². The molecule has 0 aliphatic rings. The summed E-state index contributed by atoms with van der Waals surface area (Å²) in [6.45, 7) is 6.61. The molecular formula is C17H21N3O. The van der Waals surface area contributed by atoms with E-state index in [0.717, 1.165) is 23.2 Å². The lowest BCUT2D eigenvalue weighted by molar-refractivity contribution is 0.288. The molecule has 4 heteroatoms. The first kappa shape index (κ1) is 15.0. The molecule has 0 N–H and O–H groups in total. The average Bonchev–Trinajstić information content (AvgIpc) is 3.05. The highest BCUT2D eigenvalue weighted by molar-refractivity contribution is 5.51. The first-order chi connectivity index (χ1) is 10.4. The highest BCUT2D eigenvalue weighted by Gasteiger charge is 2.07. The minimum atomic E-state index is 0.529. The van der Waals surface area contributed by atoms with Gasteiger partial charge in [-0.25, -0.2) is 4.98 Å². The summed E-state index contributed by atoms with van der Waals surface area (Å²) in [5.41, 5.74) is 3.17. The van der Waals surface area contributed by atoms with Crippen LogP contribution in [0.4, 0.5) is 0 Å². The van der Waals surface area contributed by atoms with E-state index < -0.39 is 0 Å². The smallest absolute Gasteiger partial charge is 0.218 e. The number of fused-ring (bicyclic) bond motifs is 1. The molecule has 3 aromatic rings. The molecule has 1 aromatic carbocycles. The maximum atomic E-state index is 5.82. The van der Waals surface area contributed by atoms with Gasteiger partial charge in [0.25, 0.3) is 0 Å². The van der Waals surface area contributed by atoms with Crippen LogP contribution in [0.15, 0.2) is 49.1 Å². The van der Waals surface area contributed by atoms with Gasteiger partial charge < -0.3 is 4.74 Å². The van der Waals surface area contributed by atoms with Gasteiger partial charge in [0.1, 0.15) is 12.9 Å². The monoisotopic (exact) mass is 283 g/mol. The number of aryl methyl sites for hydroxylation is 1. The quantitative estimate of drug-likeness (QED) is 0.729. The summed E-state index contributed by atoms with van der Waals surface area (Å²) < 4.78 is 7.76. The Hall–Kier alpha value is -2.36. The number of ether oxygens (including phenoxy) is 1. The van der Waals surface area contributed by atoms with Crippen molar-refractivity contribution in [2.75, 3.05) is 0 Å². The van der Waals surface area contributed by atoms with Crippen molar-refractivity contribution < 1.29 is 4.74 Å². The van der Waals surface area contributed by atoms with Crippen molar-refractivity contribution in [2.45, 2.75) is 33.8 Å². The molecule has 2 aromatic heterocycles. The van der Waals surface area contributed by atoms with E-state index in [2.05, 4.69) is 16.9 Å². The molecule has 0 spiro atoms. The van der Waals surface area contributed by atoms with Crippen molar-refractivity contribution in [3.8, 4) is 5.88 Å². The van der Waals surface area contributed by atoms with Crippen LogP contribution in [0.25, 0.3) is 5.52 Å². The average molecular weight is 283 g/mol. The lowest BCUT2D eigenvalue weighted by Crippen LogP contribution is -2.02. The van der Waals surface area contributed by atoms with E-state index in [-0.39, 0.29) is 0 Å². The van der Waals surface area contributed by atoms with Crippen molar-refractivity contribution in [1.82, 2.24) is 14.4 Å². The van der Waals surface area contributed by atoms with Gasteiger partial charge in [0.05, 0.1) is 23.6 Å². The fourth-order valence-corrected chi connectivity index (χ4v) is 2.06. The maximum absolute atomic E-state index is 5.82. The summed E-state index contributed by atoms with van der Waals surface area (Å²) in [5, 5.41) is 0. The Kier molecular flexibility index (Phi) is 5.32. The van der Waals surface area contributed by atoms with Crippen molar-refractivity contribution in [3.63, 3.8) is 0 Å². The van der Waals surface area contributed by atoms with Crippen molar-refractivity contribution in [1.29, 1.82) is 0 Å². The Morgan fingerprint density at radius 3 is 2.57 bits per heavy atom. The largest absolute Gasteiger partial charge is 0.473 e. The molecule has 0 aliphatic heterocycles. The minimum absolute atomic E-state index is 0.529. The molecule has 0 unspecified atom stereocenters. The molecule has 0 saturated heterocycles. The minimum Gasteiger partial charge on any atom is -0.473 e. The van der Waals surface area contributed by atoms with Crippen LogP contribution in [0.5, 0.6) is 5.88 Å². The van der Waals surface area contributed by atoms with Crippen molar-refractivity contribution in [2.24, 2.45) is 0 Å². The zero-order chi connectivity index (χ0) is 15.1. The fraction of sp³-hybridized carbons (Fsp3) is 0.294. The van der Waals surface area contributed by atoms with E-state index in [0.29, 0.717) is 12.5 Å². The van der Waals surface area contributed by atoms with Gasteiger partial charge in [0.2, 0.25) is 5.88 Å². The molecule has 2 heterocycles. The van der Waals surface area contributed by atoms with Crippen LogP contribution in [-0.4, -0.2) is 14.4 Å². The second-order valence-corrected chi connectivity index (χ2v) is 4.32. The summed E-state index contributed by atoms with van der Waals surface area (Å²) in [4.78, 5) is 8.59. The number of nitrogens with zero attached hydrogens (tertiary/aromatic N) is 3. The normalized spacial score (nSPS) is 10.0. The van der Waals surface area contributed by atoms with E-state index >= 15 is 0 Å². The Balaban J connectivity index is 0.000000774. The van der Waals surface area contributed by atoms with Crippen LogP contribution in [0, 0.1) is 0 Å². The molecule has 0 radical (unpaired) electrons. The Bertz CT molecular complexity index is 677. The standard InChI is InChI=1S/C15H15N3O.C2H6/c1-2-13-14-8-16-11-18(14)15(9-17-13)19-10-12-6-4-3-5-7-12;1-2/h3-9,11H,2,10H2,1H3;1-2H3. The second kappa shape index (κ2) is 7.43. The van der Waals surface area contributed by atoms with Crippen LogP contribution >= 0.6 is 0 Å². The fourth-order valence-electron chi connectivity index (χ4n) is 2.06. The van der Waals surface area contributed by atoms with Crippen molar-refractivity contribution in [3.05, 3.63) is 60.3 Å². The first-order valence-corrected chi connectivity index (χ1v) is 7.35. The van der Waals surface area contributed by atoms with Gasteiger partial charge in [-0.3, -0.25) is 9.38 Å². The number of imidazole rings is 1. The zero-order valence-corrected chi connectivity index (χ0v) is 12.8. The number of hydrogen-bond donors (Lipinski definition) is 0. The number of hydrogen-bond acceptors (Lipinski definition) is 3. The molecule has 0 fully saturated rings. The molecule has 21 heavy (non-hydrogen) atoms. The van der Waals surface area contributed by atoms with Crippen LogP contribution < -0.4 is 4.74 Å². The van der Waals surface area contributed by atoms with Crippen LogP contribution in [0.1, 0.15) is 32.0 Å². The predicted molar refractivity (Wildman–Crippen MR) is 84.5 cm³/mol. The highest BCUT2D eigenvalue weighted by Crippen LogP contribution is 2.17. The van der Waals surface area contributed by atoms with Crippen LogP contribution in [0.3, 0.4) is 0 Å². The highest BCUT2D eigenvalue weighted by atomic mass is 16.5. The summed E-state index contributed by atoms with van der Waals surface area (Å²) in [7, 11) is 0. The third-order valence-corrected chi connectivity index (χ3v) is 3.07. The molecule has 4 nitrogen and oxygen atoms in total. The molecule has 0 atom stereocenters. The number of benzene rings is 1. The topological polar surface area (TPSA) is 39.4 Å². The zero-order valence-electron chi connectivity index (χ0n) is 12.8. The lowest BCUT2D eigenvalue weighted by atomic mass is 10.2. The van der Waals surface area contributed by atoms with Gasteiger partial charge in [-0.2, -0.15) is 0 Å². The van der Waals surface area contributed by atoms with Gasteiger partial charge in [-0.05, 0) is 12.0 Å². The van der Waals surface area contributed by atoms with Gasteiger partial charge in [0, 0.05) is 0 Å². The lowest BCUT2D eigenvalue weighted by Gasteiger charge is -2.09. The SMILES string of the molecule is CC.CCc1ncc(OCc2ccccc2)n2cncc12. The number of rotatable bonds is 4. The van der Waals surface area contributed by atoms with E-state index in [1.54, 1.807) is 12.5 Å². The second-order valence-electron chi connectivity index (χ2n) is 4.32. The van der Waals surface area contributed by atoms with E-state index in [1.165, 1.54) is 0 Å². The Morgan fingerprint density at radius 1 is 1.10 bits per heavy atom. The van der Waals surface area contributed by atoms with Gasteiger partial charge in [0.15, 0.2) is 0 Å². The van der Waals surface area contributed by atoms with Gasteiger partial charge in [-0.15, -0.1) is 0 Å². The van der Waals surface area contributed by atoms with Crippen molar-refractivity contribution >= 4 is 5.52 Å². The maximum Gasteiger partial charge on any atom is 0.218 e. The molecule has 110 valence electrons. The molecule has 0 bridgehead atoms. The number of aromatic nitrogens is 3. The third kappa shape index (κ3) is 3.40. The van der Waals surface area contributed by atoms with Crippen LogP contribution in [0.2, 0.25) is 0 Å². The molecular weight excluding hydrogens is 262 g/mol. The third-order valence-electron chi connectivity index (χ3n) is 3.07.